The molecule has 0 saturated carbocycles. The van der Waals surface area contributed by atoms with Crippen molar-refractivity contribution in [2.45, 2.75) is 13.3 Å². The van der Waals surface area contributed by atoms with Crippen molar-refractivity contribution >= 4 is 46.4 Å². The van der Waals surface area contributed by atoms with Gasteiger partial charge in [-0.2, -0.15) is 0 Å². The summed E-state index contributed by atoms with van der Waals surface area (Å²) in [5, 5.41) is 0.529. The van der Waals surface area contributed by atoms with Crippen LogP contribution in [0.5, 0.6) is 0 Å². The number of anilines is 2. The van der Waals surface area contributed by atoms with Gasteiger partial charge in [0.05, 0.1) is 22.0 Å². The van der Waals surface area contributed by atoms with Crippen molar-refractivity contribution in [3.05, 3.63) is 81.6 Å². The van der Waals surface area contributed by atoms with Crippen molar-refractivity contribution in [2.24, 2.45) is 11.7 Å². The van der Waals surface area contributed by atoms with Crippen LogP contribution >= 0.6 is 23.2 Å². The van der Waals surface area contributed by atoms with Gasteiger partial charge in [-0.3, -0.25) is 9.59 Å². The normalized spacial score (nSPS) is 15.4. The largest absolute Gasteiger partial charge is 0.370 e. The molecular formula is C26H24Cl2FN3O2. The lowest BCUT2D eigenvalue weighted by molar-refractivity contribution is 0.0985. The van der Waals surface area contributed by atoms with E-state index in [2.05, 4.69) is 11.8 Å². The second kappa shape index (κ2) is 9.65. The molecule has 2 amide bonds. The number of primary amides is 1. The van der Waals surface area contributed by atoms with Gasteiger partial charge < -0.3 is 15.5 Å². The summed E-state index contributed by atoms with van der Waals surface area (Å²) in [6, 6.07) is 14.6. The standard InChI is InChI=1S/C26H24Cl2FN3O2/c1-15-10-11-32(14-15)23-13-16(18-12-17(25(30)33)6-8-19(18)27)7-9-22(23)31(2)26(34)24-20(28)4-3-5-21(24)29/h3-9,12-13,15H,10-11,14H2,1-2H3,(H2,30,33). The molecule has 3 aromatic rings. The van der Waals surface area contributed by atoms with E-state index in [0.29, 0.717) is 27.8 Å². The van der Waals surface area contributed by atoms with Crippen molar-refractivity contribution in [3.8, 4) is 11.1 Å². The van der Waals surface area contributed by atoms with Crippen LogP contribution in [0.4, 0.5) is 15.8 Å². The molecule has 0 bridgehead atoms. The highest BCUT2D eigenvalue weighted by atomic mass is 35.5. The number of nitrogens with zero attached hydrogens (tertiary/aromatic N) is 2. The molecular weight excluding hydrogens is 476 g/mol. The molecule has 8 heteroatoms. The lowest BCUT2D eigenvalue weighted by Crippen LogP contribution is -2.30. The Bertz CT molecular complexity index is 1260. The van der Waals surface area contributed by atoms with E-state index < -0.39 is 17.6 Å². The zero-order valence-electron chi connectivity index (χ0n) is 18.8. The molecule has 0 radical (unpaired) electrons. The number of amides is 2. The lowest BCUT2D eigenvalue weighted by Gasteiger charge is -2.28. The molecule has 1 fully saturated rings. The Hall–Kier alpha value is -3.09. The molecule has 1 unspecified atom stereocenters. The van der Waals surface area contributed by atoms with Gasteiger partial charge in [0.15, 0.2) is 0 Å². The molecule has 0 aromatic heterocycles. The third-order valence-corrected chi connectivity index (χ3v) is 6.79. The Kier molecular flexibility index (Phi) is 6.82. The van der Waals surface area contributed by atoms with Gasteiger partial charge in [-0.25, -0.2) is 4.39 Å². The van der Waals surface area contributed by atoms with E-state index in [1.807, 2.05) is 12.1 Å². The van der Waals surface area contributed by atoms with E-state index in [9.17, 15) is 14.0 Å². The van der Waals surface area contributed by atoms with Gasteiger partial charge in [-0.05, 0) is 60.4 Å². The fraction of sp³-hybridized carbons (Fsp3) is 0.231. The zero-order valence-corrected chi connectivity index (χ0v) is 20.3. The third-order valence-electron chi connectivity index (χ3n) is 6.14. The maximum absolute atomic E-state index is 14.5. The van der Waals surface area contributed by atoms with Gasteiger partial charge in [-0.15, -0.1) is 0 Å². The summed E-state index contributed by atoms with van der Waals surface area (Å²) < 4.78 is 14.5. The summed E-state index contributed by atoms with van der Waals surface area (Å²) >= 11 is 12.6. The first-order valence-electron chi connectivity index (χ1n) is 10.9. The highest BCUT2D eigenvalue weighted by Crippen LogP contribution is 2.39. The van der Waals surface area contributed by atoms with Gasteiger partial charge in [0.2, 0.25) is 5.91 Å². The minimum absolute atomic E-state index is 0.0554. The minimum atomic E-state index is -0.674. The van der Waals surface area contributed by atoms with Crippen molar-refractivity contribution in [3.63, 3.8) is 0 Å². The number of hydrogen-bond donors (Lipinski definition) is 1. The fourth-order valence-electron chi connectivity index (χ4n) is 4.26. The number of halogens is 3. The molecule has 1 atom stereocenters. The summed E-state index contributed by atoms with van der Waals surface area (Å²) in [6.45, 7) is 3.80. The van der Waals surface area contributed by atoms with Crippen LogP contribution in [0.15, 0.2) is 54.6 Å². The maximum Gasteiger partial charge on any atom is 0.262 e. The first kappa shape index (κ1) is 24.0. The smallest absolute Gasteiger partial charge is 0.262 e. The molecule has 1 saturated heterocycles. The average Bonchev–Trinajstić information content (AvgIpc) is 3.24. The second-order valence-electron chi connectivity index (χ2n) is 8.56. The Morgan fingerprint density at radius 2 is 1.85 bits per heavy atom. The predicted molar refractivity (Wildman–Crippen MR) is 136 cm³/mol. The van der Waals surface area contributed by atoms with Crippen molar-refractivity contribution in [1.82, 2.24) is 0 Å². The number of carbonyl (C=O) groups is 2. The van der Waals surface area contributed by atoms with Gasteiger partial charge in [0.25, 0.3) is 5.91 Å². The predicted octanol–water partition coefficient (Wildman–Crippen LogP) is 6.02. The number of nitrogens with two attached hydrogens (primary N) is 1. The average molecular weight is 500 g/mol. The van der Waals surface area contributed by atoms with Crippen LogP contribution < -0.4 is 15.5 Å². The first-order chi connectivity index (χ1) is 16.2. The number of benzene rings is 3. The summed E-state index contributed by atoms with van der Waals surface area (Å²) in [5.41, 5.74) is 8.49. The van der Waals surface area contributed by atoms with Gasteiger partial charge in [-0.1, -0.05) is 42.3 Å². The topological polar surface area (TPSA) is 66.6 Å². The lowest BCUT2D eigenvalue weighted by atomic mass is 10.0. The molecule has 1 heterocycles. The van der Waals surface area contributed by atoms with E-state index in [-0.39, 0.29) is 10.6 Å². The highest BCUT2D eigenvalue weighted by Gasteiger charge is 2.27. The van der Waals surface area contributed by atoms with E-state index in [1.54, 1.807) is 31.3 Å². The Labute approximate surface area is 207 Å². The number of rotatable bonds is 5. The molecule has 2 N–H and O–H groups in total. The maximum atomic E-state index is 14.5. The van der Waals surface area contributed by atoms with E-state index in [0.717, 1.165) is 30.8 Å². The van der Waals surface area contributed by atoms with Crippen LogP contribution in [0.2, 0.25) is 10.0 Å². The van der Waals surface area contributed by atoms with Crippen molar-refractivity contribution in [2.75, 3.05) is 29.9 Å². The van der Waals surface area contributed by atoms with Gasteiger partial charge in [0, 0.05) is 36.3 Å². The van der Waals surface area contributed by atoms with Crippen LogP contribution in [0.1, 0.15) is 34.1 Å². The summed E-state index contributed by atoms with van der Waals surface area (Å²) in [5.74, 6) is -1.28. The Balaban J connectivity index is 1.82. The van der Waals surface area contributed by atoms with Crippen LogP contribution in [0.3, 0.4) is 0 Å². The summed E-state index contributed by atoms with van der Waals surface area (Å²) in [6.07, 6.45) is 1.01. The molecule has 1 aliphatic heterocycles. The highest BCUT2D eigenvalue weighted by molar-refractivity contribution is 6.35. The number of hydrogen-bond acceptors (Lipinski definition) is 3. The van der Waals surface area contributed by atoms with Gasteiger partial charge in [0.1, 0.15) is 5.82 Å². The van der Waals surface area contributed by atoms with Crippen molar-refractivity contribution in [1.29, 1.82) is 0 Å². The molecule has 1 aliphatic rings. The summed E-state index contributed by atoms with van der Waals surface area (Å²) in [4.78, 5) is 28.6. The monoisotopic (exact) mass is 499 g/mol. The van der Waals surface area contributed by atoms with Crippen LogP contribution in [-0.4, -0.2) is 32.0 Å². The molecule has 5 nitrogen and oxygen atoms in total. The third kappa shape index (κ3) is 4.61. The molecule has 0 spiro atoms. The van der Waals surface area contributed by atoms with Crippen molar-refractivity contribution < 1.29 is 14.0 Å². The second-order valence-corrected chi connectivity index (χ2v) is 9.38. The summed E-state index contributed by atoms with van der Waals surface area (Å²) in [7, 11) is 1.60. The molecule has 4 rings (SSSR count). The van der Waals surface area contributed by atoms with Gasteiger partial charge >= 0.3 is 0 Å². The fourth-order valence-corrected chi connectivity index (χ4v) is 4.73. The zero-order chi connectivity index (χ0) is 24.6. The first-order valence-corrected chi connectivity index (χ1v) is 11.6. The quantitative estimate of drug-likeness (QED) is 0.466. The van der Waals surface area contributed by atoms with E-state index in [1.165, 1.54) is 23.1 Å². The molecule has 3 aromatic carbocycles. The molecule has 176 valence electrons. The van der Waals surface area contributed by atoms with Crippen LogP contribution in [-0.2, 0) is 0 Å². The molecule has 0 aliphatic carbocycles. The van der Waals surface area contributed by atoms with E-state index >= 15 is 0 Å². The van der Waals surface area contributed by atoms with E-state index in [4.69, 9.17) is 28.9 Å². The van der Waals surface area contributed by atoms with Crippen LogP contribution in [0, 0.1) is 11.7 Å². The SMILES string of the molecule is CC1CCN(c2cc(-c3cc(C(N)=O)ccc3Cl)ccc2N(C)C(=O)c2c(F)cccc2Cl)C1. The van der Waals surface area contributed by atoms with Crippen LogP contribution in [0.25, 0.3) is 11.1 Å². The Morgan fingerprint density at radius 3 is 2.50 bits per heavy atom. The minimum Gasteiger partial charge on any atom is -0.370 e. The number of carbonyl (C=O) groups excluding carboxylic acids is 2. The Morgan fingerprint density at radius 1 is 1.09 bits per heavy atom. The molecule has 34 heavy (non-hydrogen) atoms.